The molecule has 0 N–H and O–H groups in total. The third-order valence-electron chi connectivity index (χ3n) is 7.83. The van der Waals surface area contributed by atoms with Gasteiger partial charge in [-0.05, 0) is 91.0 Å². The van der Waals surface area contributed by atoms with Gasteiger partial charge in [-0.25, -0.2) is 0 Å². The first-order valence-electron chi connectivity index (χ1n) is 14.1. The van der Waals surface area contributed by atoms with Crippen molar-refractivity contribution in [3.05, 3.63) is 140 Å². The minimum absolute atomic E-state index is 0.852. The summed E-state index contributed by atoms with van der Waals surface area (Å²) in [6.07, 6.45) is 0. The van der Waals surface area contributed by atoms with Gasteiger partial charge in [0.1, 0.15) is 11.0 Å². The molecule has 0 saturated carbocycles. The Bertz CT molecular complexity index is 2080. The zero-order valence-corrected chi connectivity index (χ0v) is 24.5. The lowest BCUT2D eigenvalue weighted by atomic mass is 10.1. The molecule has 6 aromatic carbocycles. The molecule has 1 aromatic heterocycles. The van der Waals surface area contributed by atoms with Gasteiger partial charge in [-0.3, -0.25) is 0 Å². The standard InChI is InChI=1S/C36H23N5S2/c1-5-13-33-29(9-1)39(30-10-2-6-14-34(30)42-33)24-17-19-25(20-18-24)41-37-27-22-21-26(23-28(27)38-41)40-31-11-3-7-15-35(31)43-36-16-8-4-12-32(36)40/h1-23H. The summed E-state index contributed by atoms with van der Waals surface area (Å²) in [7, 11) is 0. The highest BCUT2D eigenvalue weighted by Gasteiger charge is 2.26. The Balaban J connectivity index is 1.08. The molecule has 0 spiro atoms. The first-order valence-corrected chi connectivity index (χ1v) is 15.7. The van der Waals surface area contributed by atoms with Crippen LogP contribution in [-0.2, 0) is 0 Å². The summed E-state index contributed by atoms with van der Waals surface area (Å²) in [5.41, 5.74) is 9.52. The van der Waals surface area contributed by atoms with E-state index in [1.807, 2.05) is 23.5 Å². The summed E-state index contributed by atoms with van der Waals surface area (Å²) in [4.78, 5) is 11.4. The summed E-state index contributed by atoms with van der Waals surface area (Å²) in [6.45, 7) is 0. The van der Waals surface area contributed by atoms with Crippen LogP contribution < -0.4 is 9.80 Å². The molecule has 7 aromatic rings. The maximum atomic E-state index is 4.92. The van der Waals surface area contributed by atoms with Crippen molar-refractivity contribution in [3.8, 4) is 5.69 Å². The summed E-state index contributed by atoms with van der Waals surface area (Å²) in [5.74, 6) is 0. The van der Waals surface area contributed by atoms with E-state index < -0.39 is 0 Å². The molecule has 0 unspecified atom stereocenters. The Kier molecular flexibility index (Phi) is 5.61. The first kappa shape index (κ1) is 24.6. The van der Waals surface area contributed by atoms with E-state index in [4.69, 9.17) is 10.2 Å². The SMILES string of the molecule is c1ccc2c(c1)Sc1ccccc1N2c1ccc(-n2nc3ccc(N4c5ccccc5Sc5ccccc54)cc3n2)cc1. The van der Waals surface area contributed by atoms with Gasteiger partial charge in [0.2, 0.25) is 0 Å². The van der Waals surface area contributed by atoms with Crippen LogP contribution in [0, 0.1) is 0 Å². The maximum Gasteiger partial charge on any atom is 0.115 e. The average molecular weight is 590 g/mol. The Labute approximate surface area is 257 Å². The van der Waals surface area contributed by atoms with Gasteiger partial charge in [-0.15, -0.1) is 10.2 Å². The summed E-state index contributed by atoms with van der Waals surface area (Å²) in [5, 5.41) is 9.76. The molecule has 2 aliphatic heterocycles. The molecule has 0 atom stereocenters. The van der Waals surface area contributed by atoms with Crippen molar-refractivity contribution in [2.75, 3.05) is 9.80 Å². The summed E-state index contributed by atoms with van der Waals surface area (Å²) in [6, 6.07) is 49.1. The fourth-order valence-corrected chi connectivity index (χ4v) is 7.97. The number of fused-ring (bicyclic) bond motifs is 5. The molecule has 0 radical (unpaired) electrons. The molecule has 0 bridgehead atoms. The van der Waals surface area contributed by atoms with Crippen LogP contribution in [0.5, 0.6) is 0 Å². The van der Waals surface area contributed by atoms with Crippen molar-refractivity contribution < 1.29 is 0 Å². The lowest BCUT2D eigenvalue weighted by Gasteiger charge is -2.32. The van der Waals surface area contributed by atoms with E-state index in [9.17, 15) is 0 Å². The highest BCUT2D eigenvalue weighted by Crippen LogP contribution is 2.52. The molecule has 3 heterocycles. The second kappa shape index (κ2) is 9.80. The summed E-state index contributed by atoms with van der Waals surface area (Å²) < 4.78 is 0. The fraction of sp³-hybridized carbons (Fsp3) is 0. The van der Waals surface area contributed by atoms with Crippen molar-refractivity contribution in [1.82, 2.24) is 15.0 Å². The maximum absolute atomic E-state index is 4.92. The molecular weight excluding hydrogens is 567 g/mol. The van der Waals surface area contributed by atoms with Crippen molar-refractivity contribution in [1.29, 1.82) is 0 Å². The molecular formula is C36H23N5S2. The lowest BCUT2D eigenvalue weighted by Crippen LogP contribution is -2.14. The van der Waals surface area contributed by atoms with Gasteiger partial charge in [0.05, 0.1) is 28.4 Å². The van der Waals surface area contributed by atoms with Gasteiger partial charge in [0.15, 0.2) is 0 Å². The Morgan fingerprint density at radius 3 is 1.28 bits per heavy atom. The van der Waals surface area contributed by atoms with E-state index in [0.717, 1.165) is 28.1 Å². The van der Waals surface area contributed by atoms with Gasteiger partial charge < -0.3 is 9.80 Å². The number of benzene rings is 6. The van der Waals surface area contributed by atoms with Crippen LogP contribution >= 0.6 is 23.5 Å². The number of rotatable bonds is 3. The van der Waals surface area contributed by atoms with E-state index in [1.165, 1.54) is 42.3 Å². The third kappa shape index (κ3) is 4.04. The smallest absolute Gasteiger partial charge is 0.115 e. The molecule has 0 aliphatic carbocycles. The van der Waals surface area contributed by atoms with Crippen LogP contribution in [0.15, 0.2) is 159 Å². The van der Waals surface area contributed by atoms with Gasteiger partial charge in [0, 0.05) is 31.0 Å². The molecule has 9 rings (SSSR count). The van der Waals surface area contributed by atoms with Crippen molar-refractivity contribution >= 4 is 68.7 Å². The minimum Gasteiger partial charge on any atom is -0.308 e. The Hall–Kier alpha value is -4.98. The van der Waals surface area contributed by atoms with Crippen LogP contribution in [0.4, 0.5) is 34.1 Å². The van der Waals surface area contributed by atoms with Crippen LogP contribution in [0.25, 0.3) is 16.7 Å². The number of anilines is 6. The van der Waals surface area contributed by atoms with E-state index in [0.29, 0.717) is 0 Å². The topological polar surface area (TPSA) is 37.2 Å². The molecule has 2 aliphatic rings. The Morgan fingerprint density at radius 2 is 0.767 bits per heavy atom. The lowest BCUT2D eigenvalue weighted by molar-refractivity contribution is 0.765. The predicted molar refractivity (Wildman–Crippen MR) is 176 cm³/mol. The van der Waals surface area contributed by atoms with E-state index in [2.05, 4.69) is 149 Å². The van der Waals surface area contributed by atoms with Gasteiger partial charge in [-0.1, -0.05) is 72.1 Å². The van der Waals surface area contributed by atoms with E-state index >= 15 is 0 Å². The summed E-state index contributed by atoms with van der Waals surface area (Å²) >= 11 is 3.63. The molecule has 43 heavy (non-hydrogen) atoms. The zero-order chi connectivity index (χ0) is 28.3. The highest BCUT2D eigenvalue weighted by atomic mass is 32.2. The van der Waals surface area contributed by atoms with Crippen LogP contribution in [-0.4, -0.2) is 15.0 Å². The first-order chi connectivity index (χ1) is 21.3. The second-order valence-electron chi connectivity index (χ2n) is 10.4. The average Bonchev–Trinajstić information content (AvgIpc) is 3.50. The van der Waals surface area contributed by atoms with Crippen molar-refractivity contribution in [3.63, 3.8) is 0 Å². The van der Waals surface area contributed by atoms with Gasteiger partial charge >= 0.3 is 0 Å². The highest BCUT2D eigenvalue weighted by molar-refractivity contribution is 8.00. The molecule has 0 saturated heterocycles. The fourth-order valence-electron chi connectivity index (χ4n) is 5.86. The Morgan fingerprint density at radius 1 is 0.372 bits per heavy atom. The molecule has 204 valence electrons. The zero-order valence-electron chi connectivity index (χ0n) is 22.8. The monoisotopic (exact) mass is 589 g/mol. The molecule has 0 fully saturated rings. The number of para-hydroxylation sites is 4. The van der Waals surface area contributed by atoms with Crippen LogP contribution in [0.3, 0.4) is 0 Å². The normalized spacial score (nSPS) is 13.3. The van der Waals surface area contributed by atoms with Crippen LogP contribution in [0.1, 0.15) is 0 Å². The number of nitrogens with zero attached hydrogens (tertiary/aromatic N) is 5. The molecule has 5 nitrogen and oxygen atoms in total. The quantitative estimate of drug-likeness (QED) is 0.204. The minimum atomic E-state index is 0.852. The number of aromatic nitrogens is 3. The number of hydrogen-bond acceptors (Lipinski definition) is 6. The van der Waals surface area contributed by atoms with Crippen LogP contribution in [0.2, 0.25) is 0 Å². The van der Waals surface area contributed by atoms with Crippen molar-refractivity contribution in [2.24, 2.45) is 0 Å². The molecule has 7 heteroatoms. The van der Waals surface area contributed by atoms with Gasteiger partial charge in [0.25, 0.3) is 0 Å². The molecule has 0 amide bonds. The predicted octanol–water partition coefficient (Wildman–Crippen LogP) is 10.3. The van der Waals surface area contributed by atoms with E-state index in [1.54, 1.807) is 4.80 Å². The largest absolute Gasteiger partial charge is 0.308 e. The number of hydrogen-bond donors (Lipinski definition) is 0. The van der Waals surface area contributed by atoms with Gasteiger partial charge in [-0.2, -0.15) is 4.80 Å². The van der Waals surface area contributed by atoms with E-state index in [-0.39, 0.29) is 0 Å². The van der Waals surface area contributed by atoms with Crippen molar-refractivity contribution in [2.45, 2.75) is 19.6 Å². The third-order valence-corrected chi connectivity index (χ3v) is 10.1. The second-order valence-corrected chi connectivity index (χ2v) is 12.6.